The van der Waals surface area contributed by atoms with E-state index < -0.39 is 17.6 Å². The van der Waals surface area contributed by atoms with Crippen molar-refractivity contribution in [3.05, 3.63) is 89.9 Å². The summed E-state index contributed by atoms with van der Waals surface area (Å²) < 4.78 is 40.8. The zero-order valence-corrected chi connectivity index (χ0v) is 19.7. The number of aryl methyl sites for hydroxylation is 2. The molecule has 8 nitrogen and oxygen atoms in total. The minimum absolute atomic E-state index is 0.0453. The monoisotopic (exact) mass is 503 g/mol. The van der Waals surface area contributed by atoms with E-state index in [9.17, 15) is 18.0 Å². The first-order chi connectivity index (χ1) is 17.7. The van der Waals surface area contributed by atoms with Crippen molar-refractivity contribution < 1.29 is 18.0 Å². The smallest absolute Gasteiger partial charge is 0.339 e. The maximum atomic E-state index is 13.0. The van der Waals surface area contributed by atoms with E-state index in [4.69, 9.17) is 0 Å². The van der Waals surface area contributed by atoms with E-state index in [2.05, 4.69) is 30.7 Å². The fourth-order valence-electron chi connectivity index (χ4n) is 3.74. The van der Waals surface area contributed by atoms with Crippen LogP contribution in [0.2, 0.25) is 0 Å². The van der Waals surface area contributed by atoms with Gasteiger partial charge in [0.25, 0.3) is 5.91 Å². The number of nitrogens with zero attached hydrogens (tertiary/aromatic N) is 5. The molecule has 0 bridgehead atoms. The summed E-state index contributed by atoms with van der Waals surface area (Å²) in [6.45, 7) is 1.86. The number of alkyl halides is 3. The van der Waals surface area contributed by atoms with Gasteiger partial charge >= 0.3 is 6.18 Å². The Kier molecular flexibility index (Phi) is 6.04. The van der Waals surface area contributed by atoms with E-state index in [-0.39, 0.29) is 11.3 Å². The van der Waals surface area contributed by atoms with Crippen LogP contribution in [0.5, 0.6) is 0 Å². The van der Waals surface area contributed by atoms with Crippen molar-refractivity contribution >= 4 is 34.1 Å². The topological polar surface area (TPSA) is 97.6 Å². The lowest BCUT2D eigenvalue weighted by molar-refractivity contribution is -0.137. The van der Waals surface area contributed by atoms with Crippen LogP contribution in [0.3, 0.4) is 0 Å². The zero-order valence-electron chi connectivity index (χ0n) is 19.7. The summed E-state index contributed by atoms with van der Waals surface area (Å²) in [5, 5.41) is 10.9. The summed E-state index contributed by atoms with van der Waals surface area (Å²) in [4.78, 5) is 26.2. The van der Waals surface area contributed by atoms with Gasteiger partial charge in [-0.25, -0.2) is 9.97 Å². The highest BCUT2D eigenvalue weighted by Crippen LogP contribution is 2.31. The van der Waals surface area contributed by atoms with Crippen LogP contribution in [0.15, 0.2) is 73.2 Å². The van der Waals surface area contributed by atoms with Gasteiger partial charge in [0.1, 0.15) is 5.82 Å². The van der Waals surface area contributed by atoms with Gasteiger partial charge in [-0.2, -0.15) is 18.3 Å². The lowest BCUT2D eigenvalue weighted by Gasteiger charge is -2.13. The van der Waals surface area contributed by atoms with Crippen LogP contribution >= 0.6 is 0 Å². The minimum Gasteiger partial charge on any atom is -0.339 e. The molecule has 5 aromatic rings. The van der Waals surface area contributed by atoms with E-state index in [1.165, 1.54) is 12.1 Å². The molecule has 0 spiro atoms. The largest absolute Gasteiger partial charge is 0.416 e. The molecule has 0 aliphatic rings. The zero-order chi connectivity index (χ0) is 26.2. The molecule has 0 aliphatic carbocycles. The summed E-state index contributed by atoms with van der Waals surface area (Å²) >= 11 is 0. The van der Waals surface area contributed by atoms with Gasteiger partial charge in [0.2, 0.25) is 0 Å². The number of anilines is 3. The number of fused-ring (bicyclic) bond motifs is 1. The highest BCUT2D eigenvalue weighted by atomic mass is 19.4. The molecule has 2 aromatic carbocycles. The summed E-state index contributed by atoms with van der Waals surface area (Å²) in [6.07, 6.45) is 0.578. The summed E-state index contributed by atoms with van der Waals surface area (Å²) in [5.41, 5.74) is 2.08. The molecule has 1 amide bonds. The molecular formula is C26H20F3N7O. The number of carbonyl (C=O) groups excluding carboxylic acids is 1. The van der Waals surface area contributed by atoms with Crippen LogP contribution in [0.4, 0.5) is 30.4 Å². The highest BCUT2D eigenvalue weighted by Gasteiger charge is 2.30. The number of benzene rings is 2. The molecule has 3 aromatic heterocycles. The van der Waals surface area contributed by atoms with Crippen molar-refractivity contribution in [1.82, 2.24) is 24.7 Å². The molecular weight excluding hydrogens is 483 g/mol. The van der Waals surface area contributed by atoms with Crippen LogP contribution in [-0.4, -0.2) is 30.6 Å². The molecule has 186 valence electrons. The van der Waals surface area contributed by atoms with Gasteiger partial charge in [0.05, 0.1) is 10.9 Å². The van der Waals surface area contributed by atoms with E-state index in [0.29, 0.717) is 33.9 Å². The standard InChI is InChI=1S/C26H20F3N7O/c1-15-8-9-16(25(37)31-19-7-3-6-18(12-19)26(27,28)29)11-21(15)32-23-20-14-36(2)35-24(20)34-22(33-23)17-5-4-10-30-13-17/h3-14H,1-2H3,(H,31,37)(H,32,33,34,35). The molecule has 0 saturated carbocycles. The van der Waals surface area contributed by atoms with Gasteiger partial charge in [-0.1, -0.05) is 12.1 Å². The number of aromatic nitrogens is 5. The second-order valence-corrected chi connectivity index (χ2v) is 8.36. The Morgan fingerprint density at radius 1 is 1.03 bits per heavy atom. The predicted octanol–water partition coefficient (Wildman–Crippen LogP) is 5.75. The van der Waals surface area contributed by atoms with Gasteiger partial charge in [-0.15, -0.1) is 0 Å². The average molecular weight is 503 g/mol. The van der Waals surface area contributed by atoms with Crippen LogP contribution in [0, 0.1) is 6.92 Å². The molecule has 5 rings (SSSR count). The number of rotatable bonds is 5. The maximum absolute atomic E-state index is 13.0. The van der Waals surface area contributed by atoms with Gasteiger partial charge in [0.15, 0.2) is 11.5 Å². The second kappa shape index (κ2) is 9.34. The fourth-order valence-corrected chi connectivity index (χ4v) is 3.74. The minimum atomic E-state index is -4.51. The van der Waals surface area contributed by atoms with E-state index in [0.717, 1.165) is 17.7 Å². The van der Waals surface area contributed by atoms with Crippen molar-refractivity contribution in [3.8, 4) is 11.4 Å². The van der Waals surface area contributed by atoms with E-state index in [1.54, 1.807) is 54.6 Å². The average Bonchev–Trinajstić information content (AvgIpc) is 3.26. The maximum Gasteiger partial charge on any atom is 0.416 e. The Hall–Kier alpha value is -4.80. The van der Waals surface area contributed by atoms with Gasteiger partial charge < -0.3 is 10.6 Å². The fraction of sp³-hybridized carbons (Fsp3) is 0.115. The molecule has 0 saturated heterocycles. The van der Waals surface area contributed by atoms with E-state index in [1.807, 2.05) is 13.0 Å². The molecule has 0 fully saturated rings. The number of carbonyl (C=O) groups is 1. The lowest BCUT2D eigenvalue weighted by atomic mass is 10.1. The number of pyridine rings is 1. The van der Waals surface area contributed by atoms with E-state index >= 15 is 0 Å². The molecule has 0 aliphatic heterocycles. The number of hydrogen-bond acceptors (Lipinski definition) is 6. The second-order valence-electron chi connectivity index (χ2n) is 8.36. The number of halogens is 3. The number of amides is 1. The first kappa shape index (κ1) is 23.9. The SMILES string of the molecule is Cc1ccc(C(=O)Nc2cccc(C(F)(F)F)c2)cc1Nc1nc(-c2cccnc2)nc2nn(C)cc12. The highest BCUT2D eigenvalue weighted by molar-refractivity contribution is 6.05. The Morgan fingerprint density at radius 2 is 1.86 bits per heavy atom. The third kappa shape index (κ3) is 5.10. The van der Waals surface area contributed by atoms with Crippen LogP contribution in [0.1, 0.15) is 21.5 Å². The molecule has 3 heterocycles. The van der Waals surface area contributed by atoms with Gasteiger partial charge in [-0.05, 0) is 55.0 Å². The van der Waals surface area contributed by atoms with Crippen molar-refractivity contribution in [2.75, 3.05) is 10.6 Å². The van der Waals surface area contributed by atoms with Gasteiger partial charge in [0, 0.05) is 48.1 Å². The third-order valence-corrected chi connectivity index (χ3v) is 5.61. The molecule has 37 heavy (non-hydrogen) atoms. The first-order valence-electron chi connectivity index (χ1n) is 11.2. The predicted molar refractivity (Wildman–Crippen MR) is 133 cm³/mol. The molecule has 2 N–H and O–H groups in total. The quantitative estimate of drug-likeness (QED) is 0.317. The lowest BCUT2D eigenvalue weighted by Crippen LogP contribution is -2.13. The van der Waals surface area contributed by atoms with Crippen molar-refractivity contribution in [1.29, 1.82) is 0 Å². The summed E-state index contributed by atoms with van der Waals surface area (Å²) in [5.74, 6) is 0.362. The third-order valence-electron chi connectivity index (χ3n) is 5.61. The number of hydrogen-bond donors (Lipinski definition) is 2. The molecule has 0 atom stereocenters. The molecule has 11 heteroatoms. The Bertz CT molecular complexity index is 1610. The van der Waals surface area contributed by atoms with Crippen LogP contribution in [0.25, 0.3) is 22.4 Å². The Morgan fingerprint density at radius 3 is 2.62 bits per heavy atom. The van der Waals surface area contributed by atoms with Crippen molar-refractivity contribution in [2.24, 2.45) is 7.05 Å². The summed E-state index contributed by atoms with van der Waals surface area (Å²) in [6, 6.07) is 13.1. The van der Waals surface area contributed by atoms with Crippen molar-refractivity contribution in [2.45, 2.75) is 13.1 Å². The first-order valence-corrected chi connectivity index (χ1v) is 11.2. The molecule has 0 unspecified atom stereocenters. The van der Waals surface area contributed by atoms with Crippen molar-refractivity contribution in [3.63, 3.8) is 0 Å². The Balaban J connectivity index is 1.47. The van der Waals surface area contributed by atoms with Crippen LogP contribution < -0.4 is 10.6 Å². The number of nitrogens with one attached hydrogen (secondary N) is 2. The molecule has 0 radical (unpaired) electrons. The summed E-state index contributed by atoms with van der Waals surface area (Å²) in [7, 11) is 1.78. The normalized spacial score (nSPS) is 11.5. The Labute approximate surface area is 209 Å². The van der Waals surface area contributed by atoms with Gasteiger partial charge in [-0.3, -0.25) is 14.5 Å². The van der Waals surface area contributed by atoms with Crippen LogP contribution in [-0.2, 0) is 13.2 Å².